The molecule has 2 aromatic carbocycles. The zero-order valence-electron chi connectivity index (χ0n) is 14.3. The lowest BCUT2D eigenvalue weighted by Gasteiger charge is -2.19. The van der Waals surface area contributed by atoms with Crippen molar-refractivity contribution in [2.75, 3.05) is 20.8 Å². The number of rotatable bonds is 7. The summed E-state index contributed by atoms with van der Waals surface area (Å²) in [6.07, 6.45) is 0.898. The summed E-state index contributed by atoms with van der Waals surface area (Å²) in [7, 11) is 3.35. The Bertz CT molecular complexity index is 659. The molecule has 2 rings (SSSR count). The molecule has 0 aromatic heterocycles. The van der Waals surface area contributed by atoms with Gasteiger partial charge in [0.15, 0.2) is 5.11 Å². The Balaban J connectivity index is 1.80. The lowest BCUT2D eigenvalue weighted by Crippen LogP contribution is -2.37. The van der Waals surface area contributed by atoms with Gasteiger partial charge >= 0.3 is 0 Å². The maximum atomic E-state index is 5.39. The molecule has 0 aliphatic heterocycles. The van der Waals surface area contributed by atoms with Crippen LogP contribution in [0.5, 0.6) is 11.5 Å². The first-order chi connectivity index (χ1) is 11.6. The van der Waals surface area contributed by atoms with Crippen LogP contribution in [-0.2, 0) is 6.42 Å². The van der Waals surface area contributed by atoms with Crippen LogP contribution in [0.15, 0.2) is 48.5 Å². The first kappa shape index (κ1) is 18.1. The molecule has 0 radical (unpaired) electrons. The monoisotopic (exact) mass is 344 g/mol. The van der Waals surface area contributed by atoms with E-state index < -0.39 is 0 Å². The van der Waals surface area contributed by atoms with Gasteiger partial charge in [0.05, 0.1) is 20.3 Å². The Morgan fingerprint density at radius 2 is 1.75 bits per heavy atom. The van der Waals surface area contributed by atoms with E-state index in [9.17, 15) is 0 Å². The van der Waals surface area contributed by atoms with Crippen LogP contribution >= 0.6 is 12.2 Å². The number of hydrogen-bond donors (Lipinski definition) is 2. The number of methoxy groups -OCH3 is 2. The second-order valence-electron chi connectivity index (χ2n) is 5.46. The quantitative estimate of drug-likeness (QED) is 0.753. The first-order valence-electron chi connectivity index (χ1n) is 7.94. The van der Waals surface area contributed by atoms with Gasteiger partial charge in [0, 0.05) is 12.1 Å². The van der Waals surface area contributed by atoms with Crippen molar-refractivity contribution in [1.82, 2.24) is 10.6 Å². The van der Waals surface area contributed by atoms with Crippen LogP contribution in [-0.4, -0.2) is 25.9 Å². The van der Waals surface area contributed by atoms with Crippen LogP contribution in [0, 0.1) is 0 Å². The molecule has 0 saturated heterocycles. The fourth-order valence-corrected chi connectivity index (χ4v) is 2.74. The van der Waals surface area contributed by atoms with Crippen LogP contribution in [0.25, 0.3) is 0 Å². The molecule has 24 heavy (non-hydrogen) atoms. The van der Waals surface area contributed by atoms with E-state index in [1.165, 1.54) is 5.56 Å². The fraction of sp³-hybridized carbons (Fsp3) is 0.316. The van der Waals surface area contributed by atoms with Crippen LogP contribution < -0.4 is 20.1 Å². The number of benzene rings is 2. The lowest BCUT2D eigenvalue weighted by atomic mass is 10.1. The number of hydrogen-bond acceptors (Lipinski definition) is 3. The van der Waals surface area contributed by atoms with Crippen LogP contribution in [0.2, 0.25) is 0 Å². The van der Waals surface area contributed by atoms with E-state index in [1.54, 1.807) is 14.2 Å². The normalized spacial score (nSPS) is 11.5. The SMILES string of the molecule is COc1ccc(CCNC(=S)NC(C)c2ccccc2OC)cc1. The van der Waals surface area contributed by atoms with Crippen molar-refractivity contribution in [1.29, 1.82) is 0 Å². The topological polar surface area (TPSA) is 42.5 Å². The molecule has 2 aromatic rings. The van der Waals surface area contributed by atoms with Gasteiger partial charge in [-0.05, 0) is 49.3 Å². The Morgan fingerprint density at radius 1 is 1.04 bits per heavy atom. The minimum Gasteiger partial charge on any atom is -0.497 e. The summed E-state index contributed by atoms with van der Waals surface area (Å²) in [5.74, 6) is 1.73. The summed E-state index contributed by atoms with van der Waals surface area (Å²) >= 11 is 5.38. The van der Waals surface area contributed by atoms with E-state index >= 15 is 0 Å². The van der Waals surface area contributed by atoms with Crippen molar-refractivity contribution in [3.8, 4) is 11.5 Å². The first-order valence-corrected chi connectivity index (χ1v) is 8.35. The Labute approximate surface area is 149 Å². The summed E-state index contributed by atoms with van der Waals surface area (Å²) in [5.41, 5.74) is 2.32. The van der Waals surface area contributed by atoms with Gasteiger partial charge in [-0.15, -0.1) is 0 Å². The van der Waals surface area contributed by atoms with Crippen molar-refractivity contribution in [2.24, 2.45) is 0 Å². The zero-order chi connectivity index (χ0) is 17.4. The average molecular weight is 344 g/mol. The second kappa shape index (κ2) is 9.13. The minimum absolute atomic E-state index is 0.0714. The molecule has 2 N–H and O–H groups in total. The maximum absolute atomic E-state index is 5.39. The molecule has 1 atom stereocenters. The zero-order valence-corrected chi connectivity index (χ0v) is 15.2. The highest BCUT2D eigenvalue weighted by Crippen LogP contribution is 2.24. The highest BCUT2D eigenvalue weighted by Gasteiger charge is 2.11. The van der Waals surface area contributed by atoms with Crippen LogP contribution in [0.4, 0.5) is 0 Å². The maximum Gasteiger partial charge on any atom is 0.166 e. The number of para-hydroxylation sites is 1. The predicted octanol–water partition coefficient (Wildman–Crippen LogP) is 3.47. The molecule has 0 fully saturated rings. The molecule has 0 amide bonds. The molecular weight excluding hydrogens is 320 g/mol. The molecule has 4 nitrogen and oxygen atoms in total. The van der Waals surface area contributed by atoms with Crippen LogP contribution in [0.1, 0.15) is 24.1 Å². The standard InChI is InChI=1S/C19H24N2O2S/c1-14(17-6-4-5-7-18(17)23-3)21-19(24)20-13-12-15-8-10-16(22-2)11-9-15/h4-11,14H,12-13H2,1-3H3,(H2,20,21,24). The van der Waals surface area contributed by atoms with Gasteiger partial charge < -0.3 is 20.1 Å². The van der Waals surface area contributed by atoms with Crippen molar-refractivity contribution in [3.05, 3.63) is 59.7 Å². The Morgan fingerprint density at radius 3 is 2.42 bits per heavy atom. The number of ether oxygens (including phenoxy) is 2. The van der Waals surface area contributed by atoms with Gasteiger partial charge in [0.2, 0.25) is 0 Å². The highest BCUT2D eigenvalue weighted by atomic mass is 32.1. The van der Waals surface area contributed by atoms with Crippen molar-refractivity contribution < 1.29 is 9.47 Å². The third-order valence-corrected chi connectivity index (χ3v) is 4.07. The molecule has 5 heteroatoms. The third kappa shape index (κ3) is 5.13. The highest BCUT2D eigenvalue weighted by molar-refractivity contribution is 7.80. The van der Waals surface area contributed by atoms with Crippen molar-refractivity contribution in [3.63, 3.8) is 0 Å². The van der Waals surface area contributed by atoms with Gasteiger partial charge in [0.25, 0.3) is 0 Å². The molecule has 0 heterocycles. The van der Waals surface area contributed by atoms with E-state index in [0.717, 1.165) is 30.0 Å². The van der Waals surface area contributed by atoms with E-state index in [2.05, 4.69) is 29.7 Å². The summed E-state index contributed by atoms with van der Waals surface area (Å²) in [6, 6.07) is 16.1. The summed E-state index contributed by atoms with van der Waals surface area (Å²) in [4.78, 5) is 0. The Kier molecular flexibility index (Phi) is 6.88. The molecule has 0 aliphatic rings. The van der Waals surface area contributed by atoms with Gasteiger partial charge in [-0.25, -0.2) is 0 Å². The lowest BCUT2D eigenvalue weighted by molar-refractivity contribution is 0.405. The summed E-state index contributed by atoms with van der Waals surface area (Å²) in [5, 5.41) is 7.18. The minimum atomic E-state index is 0.0714. The van der Waals surface area contributed by atoms with E-state index in [-0.39, 0.29) is 6.04 Å². The molecule has 0 bridgehead atoms. The molecule has 0 saturated carbocycles. The number of nitrogens with one attached hydrogen (secondary N) is 2. The Hall–Kier alpha value is -2.27. The van der Waals surface area contributed by atoms with Crippen molar-refractivity contribution >= 4 is 17.3 Å². The fourth-order valence-electron chi connectivity index (χ4n) is 2.46. The second-order valence-corrected chi connectivity index (χ2v) is 5.87. The van der Waals surface area contributed by atoms with E-state index in [0.29, 0.717) is 5.11 Å². The molecule has 0 spiro atoms. The van der Waals surface area contributed by atoms with E-state index in [4.69, 9.17) is 21.7 Å². The summed E-state index contributed by atoms with van der Waals surface area (Å²) < 4.78 is 10.6. The third-order valence-electron chi connectivity index (χ3n) is 3.81. The average Bonchev–Trinajstić information content (AvgIpc) is 2.62. The van der Waals surface area contributed by atoms with Gasteiger partial charge in [-0.3, -0.25) is 0 Å². The smallest absolute Gasteiger partial charge is 0.166 e. The van der Waals surface area contributed by atoms with Gasteiger partial charge in [-0.2, -0.15) is 0 Å². The number of thiocarbonyl (C=S) groups is 1. The molecule has 128 valence electrons. The summed E-state index contributed by atoms with van der Waals surface area (Å²) in [6.45, 7) is 2.84. The predicted molar refractivity (Wildman–Crippen MR) is 102 cm³/mol. The van der Waals surface area contributed by atoms with Crippen LogP contribution in [0.3, 0.4) is 0 Å². The van der Waals surface area contributed by atoms with Gasteiger partial charge in [0.1, 0.15) is 11.5 Å². The van der Waals surface area contributed by atoms with E-state index in [1.807, 2.05) is 36.4 Å². The van der Waals surface area contributed by atoms with Gasteiger partial charge in [-0.1, -0.05) is 30.3 Å². The molecular formula is C19H24N2O2S. The van der Waals surface area contributed by atoms with Crippen molar-refractivity contribution in [2.45, 2.75) is 19.4 Å². The largest absolute Gasteiger partial charge is 0.497 e. The molecule has 1 unspecified atom stereocenters. The molecule has 0 aliphatic carbocycles.